The van der Waals surface area contributed by atoms with Gasteiger partial charge in [-0.25, -0.2) is 0 Å². The van der Waals surface area contributed by atoms with Crippen molar-refractivity contribution in [3.8, 4) is 0 Å². The van der Waals surface area contributed by atoms with E-state index in [9.17, 15) is 9.59 Å². The van der Waals surface area contributed by atoms with Gasteiger partial charge in [-0.2, -0.15) is 0 Å². The fourth-order valence-electron chi connectivity index (χ4n) is 1.64. The van der Waals surface area contributed by atoms with Gasteiger partial charge in [-0.05, 0) is 19.1 Å². The molecule has 1 aliphatic rings. The highest BCUT2D eigenvalue weighted by atomic mass is 16.6. The zero-order valence-corrected chi connectivity index (χ0v) is 11.1. The minimum absolute atomic E-state index is 0.420. The lowest BCUT2D eigenvalue weighted by molar-refractivity contribution is -0.135. The number of nitrogens with zero attached hydrogens (tertiary/aromatic N) is 1. The Bertz CT molecular complexity index is 466. The Kier molecular flexibility index (Phi) is 5.25. The molecule has 0 aliphatic heterocycles. The Labute approximate surface area is 111 Å². The van der Waals surface area contributed by atoms with Crippen molar-refractivity contribution in [2.45, 2.75) is 19.6 Å². The minimum atomic E-state index is -1.14. The molecular formula is C12H17N3O4. The van der Waals surface area contributed by atoms with E-state index >= 15 is 0 Å². The third kappa shape index (κ3) is 3.92. The number of oxime groups is 1. The van der Waals surface area contributed by atoms with Gasteiger partial charge in [0.15, 0.2) is 0 Å². The van der Waals surface area contributed by atoms with Gasteiger partial charge in [0.05, 0.1) is 5.71 Å². The van der Waals surface area contributed by atoms with Crippen molar-refractivity contribution >= 4 is 17.5 Å². The minimum Gasteiger partial charge on any atom is -0.399 e. The first-order valence-corrected chi connectivity index (χ1v) is 5.60. The van der Waals surface area contributed by atoms with Gasteiger partial charge in [0.1, 0.15) is 7.11 Å². The summed E-state index contributed by atoms with van der Waals surface area (Å²) in [7, 11) is 2.75. The normalized spacial score (nSPS) is 18.4. The third-order valence-electron chi connectivity index (χ3n) is 2.56. The standard InChI is InChI=1S/C12H17N3O4/c1-7-6-8(15-19-3)4-5-9(7)11(17)14-12(18-2)10(13)16/h4-5,12H,6H2,1-3H3,(H2,13,16)(H,14,17). The highest BCUT2D eigenvalue weighted by molar-refractivity contribution is 6.06. The smallest absolute Gasteiger partial charge is 0.267 e. The molecule has 1 aliphatic carbocycles. The monoisotopic (exact) mass is 267 g/mol. The molecule has 0 aromatic heterocycles. The number of allylic oxidation sites excluding steroid dienone is 2. The number of nitrogens with two attached hydrogens (primary N) is 1. The number of carbonyl (C=O) groups excluding carboxylic acids is 2. The molecule has 7 heteroatoms. The highest BCUT2D eigenvalue weighted by Crippen LogP contribution is 2.17. The van der Waals surface area contributed by atoms with E-state index < -0.39 is 18.0 Å². The fraction of sp³-hybridized carbons (Fsp3) is 0.417. The molecule has 0 radical (unpaired) electrons. The Hall–Kier alpha value is -2.15. The summed E-state index contributed by atoms with van der Waals surface area (Å²) in [6.07, 6.45) is 2.65. The van der Waals surface area contributed by atoms with Gasteiger partial charge in [-0.15, -0.1) is 0 Å². The molecule has 2 amide bonds. The molecule has 0 saturated carbocycles. The maximum atomic E-state index is 12.0. The summed E-state index contributed by atoms with van der Waals surface area (Å²) in [5.74, 6) is -1.17. The van der Waals surface area contributed by atoms with Crippen LogP contribution >= 0.6 is 0 Å². The van der Waals surface area contributed by atoms with Crippen LogP contribution in [0.15, 0.2) is 28.5 Å². The van der Waals surface area contributed by atoms with Gasteiger partial charge in [-0.1, -0.05) is 10.7 Å². The molecule has 7 nitrogen and oxygen atoms in total. The average molecular weight is 267 g/mol. The highest BCUT2D eigenvalue weighted by Gasteiger charge is 2.21. The molecule has 1 rings (SSSR count). The summed E-state index contributed by atoms with van der Waals surface area (Å²) in [5, 5.41) is 6.20. The van der Waals surface area contributed by atoms with E-state index in [1.807, 2.05) is 0 Å². The molecule has 0 saturated heterocycles. The second-order valence-electron chi connectivity index (χ2n) is 3.96. The van der Waals surface area contributed by atoms with Crippen LogP contribution in [0.5, 0.6) is 0 Å². The summed E-state index contributed by atoms with van der Waals surface area (Å²) in [6.45, 7) is 1.80. The predicted molar refractivity (Wildman–Crippen MR) is 69.0 cm³/mol. The Morgan fingerprint density at radius 2 is 2.11 bits per heavy atom. The Balaban J connectivity index is 2.79. The first kappa shape index (κ1) is 14.9. The van der Waals surface area contributed by atoms with Crippen molar-refractivity contribution in [1.29, 1.82) is 0 Å². The number of rotatable bonds is 5. The molecule has 0 heterocycles. The number of hydrogen-bond acceptors (Lipinski definition) is 5. The number of nitrogens with one attached hydrogen (secondary N) is 1. The number of amides is 2. The van der Waals surface area contributed by atoms with Crippen molar-refractivity contribution in [3.63, 3.8) is 0 Å². The molecule has 0 spiro atoms. The SMILES string of the molecule is CON=C1C=CC(C(=O)NC(OC)C(N)=O)=C(C)C1. The molecule has 0 fully saturated rings. The van der Waals surface area contributed by atoms with Crippen molar-refractivity contribution in [2.24, 2.45) is 10.9 Å². The summed E-state index contributed by atoms with van der Waals surface area (Å²) in [6, 6.07) is 0. The van der Waals surface area contributed by atoms with Gasteiger partial charge < -0.3 is 20.6 Å². The summed E-state index contributed by atoms with van der Waals surface area (Å²) < 4.78 is 4.77. The number of ether oxygens (including phenoxy) is 1. The van der Waals surface area contributed by atoms with E-state index in [1.54, 1.807) is 19.1 Å². The lowest BCUT2D eigenvalue weighted by atomic mass is 9.97. The largest absolute Gasteiger partial charge is 0.399 e. The molecule has 3 N–H and O–H groups in total. The van der Waals surface area contributed by atoms with Crippen molar-refractivity contribution < 1.29 is 19.2 Å². The van der Waals surface area contributed by atoms with Crippen molar-refractivity contribution in [1.82, 2.24) is 5.32 Å². The molecule has 0 aromatic rings. The molecule has 104 valence electrons. The lowest BCUT2D eigenvalue weighted by Gasteiger charge is -2.17. The van der Waals surface area contributed by atoms with Gasteiger partial charge in [0.25, 0.3) is 11.8 Å². The van der Waals surface area contributed by atoms with E-state index in [0.717, 1.165) is 11.3 Å². The third-order valence-corrected chi connectivity index (χ3v) is 2.56. The van der Waals surface area contributed by atoms with Crippen LogP contribution in [0.4, 0.5) is 0 Å². The number of methoxy groups -OCH3 is 1. The van der Waals surface area contributed by atoms with Crippen LogP contribution in [0.25, 0.3) is 0 Å². The number of primary amides is 1. The van der Waals surface area contributed by atoms with Crippen LogP contribution in [-0.2, 0) is 19.2 Å². The summed E-state index contributed by atoms with van der Waals surface area (Å²) >= 11 is 0. The van der Waals surface area contributed by atoms with Crippen LogP contribution < -0.4 is 11.1 Å². The molecule has 1 atom stereocenters. The molecule has 1 unspecified atom stereocenters. The van der Waals surface area contributed by atoms with Gasteiger partial charge >= 0.3 is 0 Å². The molecular weight excluding hydrogens is 250 g/mol. The maximum absolute atomic E-state index is 12.0. The van der Waals surface area contributed by atoms with Crippen LogP contribution in [0.1, 0.15) is 13.3 Å². The van der Waals surface area contributed by atoms with Crippen LogP contribution in [0.2, 0.25) is 0 Å². The van der Waals surface area contributed by atoms with E-state index in [1.165, 1.54) is 14.2 Å². The summed E-state index contributed by atoms with van der Waals surface area (Å²) in [4.78, 5) is 27.6. The average Bonchev–Trinajstić information content (AvgIpc) is 2.35. The molecule has 19 heavy (non-hydrogen) atoms. The fourth-order valence-corrected chi connectivity index (χ4v) is 1.64. The van der Waals surface area contributed by atoms with Gasteiger partial charge in [0.2, 0.25) is 6.23 Å². The van der Waals surface area contributed by atoms with Crippen LogP contribution in [-0.4, -0.2) is 38.0 Å². The number of hydrogen-bond donors (Lipinski definition) is 2. The van der Waals surface area contributed by atoms with Gasteiger partial charge in [0, 0.05) is 19.1 Å². The van der Waals surface area contributed by atoms with E-state index in [0.29, 0.717) is 12.0 Å². The molecule has 0 aromatic carbocycles. The zero-order valence-electron chi connectivity index (χ0n) is 11.1. The topological polar surface area (TPSA) is 103 Å². The Morgan fingerprint density at radius 3 is 2.58 bits per heavy atom. The van der Waals surface area contributed by atoms with Crippen molar-refractivity contribution in [2.75, 3.05) is 14.2 Å². The second-order valence-corrected chi connectivity index (χ2v) is 3.96. The number of carbonyl (C=O) groups is 2. The molecule has 0 bridgehead atoms. The van der Waals surface area contributed by atoms with Crippen molar-refractivity contribution in [3.05, 3.63) is 23.3 Å². The maximum Gasteiger partial charge on any atom is 0.267 e. The predicted octanol–water partition coefficient (Wildman–Crippen LogP) is -0.161. The van der Waals surface area contributed by atoms with Gasteiger partial charge in [-0.3, -0.25) is 9.59 Å². The Morgan fingerprint density at radius 1 is 1.42 bits per heavy atom. The zero-order chi connectivity index (χ0) is 14.4. The van der Waals surface area contributed by atoms with Crippen LogP contribution in [0, 0.1) is 0 Å². The van der Waals surface area contributed by atoms with E-state index in [2.05, 4.69) is 15.3 Å². The quantitative estimate of drug-likeness (QED) is 0.533. The van der Waals surface area contributed by atoms with Crippen LogP contribution in [0.3, 0.4) is 0 Å². The summed E-state index contributed by atoms with van der Waals surface area (Å²) in [5.41, 5.74) is 7.06. The lowest BCUT2D eigenvalue weighted by Crippen LogP contribution is -2.46. The first-order chi connectivity index (χ1) is 8.99. The second kappa shape index (κ2) is 6.69. The first-order valence-electron chi connectivity index (χ1n) is 5.60. The van der Waals surface area contributed by atoms with E-state index in [-0.39, 0.29) is 0 Å². The van der Waals surface area contributed by atoms with E-state index in [4.69, 9.17) is 10.5 Å².